The zero-order chi connectivity index (χ0) is 23.5. The first-order chi connectivity index (χ1) is 15.8. The number of hydrogen-bond acceptors (Lipinski definition) is 6. The van der Waals surface area contributed by atoms with Gasteiger partial charge in [-0.25, -0.2) is 9.97 Å². The quantitative estimate of drug-likeness (QED) is 0.619. The van der Waals surface area contributed by atoms with Crippen LogP contribution in [0, 0.1) is 20.8 Å². The van der Waals surface area contributed by atoms with Crippen LogP contribution in [0.3, 0.4) is 0 Å². The van der Waals surface area contributed by atoms with Crippen LogP contribution in [0.1, 0.15) is 51.8 Å². The van der Waals surface area contributed by atoms with E-state index in [-0.39, 0.29) is 11.8 Å². The third kappa shape index (κ3) is 5.30. The van der Waals surface area contributed by atoms with Gasteiger partial charge in [0, 0.05) is 62.1 Å². The first-order valence-corrected chi connectivity index (χ1v) is 11.4. The van der Waals surface area contributed by atoms with Crippen molar-refractivity contribution in [3.8, 4) is 0 Å². The molecule has 1 fully saturated rings. The number of benzene rings is 1. The van der Waals surface area contributed by atoms with Crippen molar-refractivity contribution in [1.29, 1.82) is 0 Å². The Kier molecular flexibility index (Phi) is 6.58. The molecule has 3 heterocycles. The molecule has 3 aromatic rings. The fourth-order valence-electron chi connectivity index (χ4n) is 4.23. The third-order valence-corrected chi connectivity index (χ3v) is 6.04. The summed E-state index contributed by atoms with van der Waals surface area (Å²) in [5.41, 5.74) is 6.57. The predicted octanol–water partition coefficient (Wildman–Crippen LogP) is 4.63. The number of carbonyl (C=O) groups excluding carboxylic acids is 1. The summed E-state index contributed by atoms with van der Waals surface area (Å²) in [5, 5.41) is 3.49. The zero-order valence-electron chi connectivity index (χ0n) is 20.1. The number of anilines is 3. The van der Waals surface area contributed by atoms with Gasteiger partial charge in [-0.2, -0.15) is 0 Å². The van der Waals surface area contributed by atoms with Crippen LogP contribution in [0.4, 0.5) is 17.3 Å². The second kappa shape index (κ2) is 9.57. The van der Waals surface area contributed by atoms with Crippen LogP contribution in [0.15, 0.2) is 42.6 Å². The molecule has 0 radical (unpaired) electrons. The van der Waals surface area contributed by atoms with Crippen LogP contribution in [0.2, 0.25) is 0 Å². The Morgan fingerprint density at radius 2 is 1.82 bits per heavy atom. The number of likely N-dealkylation sites (tertiary alicyclic amines) is 1. The molecule has 1 aromatic carbocycles. The van der Waals surface area contributed by atoms with Gasteiger partial charge in [0.25, 0.3) is 5.91 Å². The van der Waals surface area contributed by atoms with E-state index in [1.54, 1.807) is 6.20 Å². The number of rotatable bonds is 5. The van der Waals surface area contributed by atoms with E-state index in [9.17, 15) is 4.79 Å². The first-order valence-electron chi connectivity index (χ1n) is 11.4. The Balaban J connectivity index is 1.52. The van der Waals surface area contributed by atoms with E-state index in [4.69, 9.17) is 4.98 Å². The molecule has 4 rings (SSSR count). The summed E-state index contributed by atoms with van der Waals surface area (Å²) in [7, 11) is 3.78. The minimum atomic E-state index is -0.00633. The Hall–Kier alpha value is -3.48. The smallest absolute Gasteiger partial charge is 0.257 e. The molecular weight excluding hydrogens is 412 g/mol. The highest BCUT2D eigenvalue weighted by Gasteiger charge is 2.28. The SMILES string of the molecule is Cc1ccc(Nc2cc(C)nc(C3CCCN(C(=O)c4cnc(N(C)C)nc4C)C3)c2)cc1. The average molecular weight is 445 g/mol. The van der Waals surface area contributed by atoms with E-state index >= 15 is 0 Å². The molecule has 0 aliphatic carbocycles. The second-order valence-corrected chi connectivity index (χ2v) is 9.07. The molecule has 1 atom stereocenters. The van der Waals surface area contributed by atoms with Gasteiger partial charge >= 0.3 is 0 Å². The standard InChI is InChI=1S/C26H32N6O/c1-17-8-10-21(11-9-17)30-22-13-18(2)28-24(14-22)20-7-6-12-32(16-20)25(33)23-15-27-26(31(4)5)29-19(23)3/h8-11,13-15,20H,6-7,12,16H2,1-5H3,(H,28,30). The van der Waals surface area contributed by atoms with Gasteiger partial charge in [0.05, 0.1) is 11.3 Å². The molecule has 172 valence electrons. The van der Waals surface area contributed by atoms with Crippen LogP contribution in [0.5, 0.6) is 0 Å². The molecule has 1 unspecified atom stereocenters. The summed E-state index contributed by atoms with van der Waals surface area (Å²) in [5.74, 6) is 0.801. The van der Waals surface area contributed by atoms with Gasteiger partial charge in [0.2, 0.25) is 5.95 Å². The van der Waals surface area contributed by atoms with Crippen LogP contribution in [-0.2, 0) is 0 Å². The van der Waals surface area contributed by atoms with E-state index in [1.807, 2.05) is 37.7 Å². The van der Waals surface area contributed by atoms with E-state index in [1.165, 1.54) is 5.56 Å². The Labute approximate surface area is 195 Å². The van der Waals surface area contributed by atoms with Crippen LogP contribution >= 0.6 is 0 Å². The maximum absolute atomic E-state index is 13.3. The average Bonchev–Trinajstić information content (AvgIpc) is 2.80. The fraction of sp³-hybridized carbons (Fsp3) is 0.385. The van der Waals surface area contributed by atoms with Crippen molar-refractivity contribution in [2.45, 2.75) is 39.5 Å². The number of pyridine rings is 1. The summed E-state index contributed by atoms with van der Waals surface area (Å²) in [6.45, 7) is 7.36. The van der Waals surface area contributed by atoms with Crippen molar-refractivity contribution >= 4 is 23.2 Å². The summed E-state index contributed by atoms with van der Waals surface area (Å²) in [6, 6.07) is 12.5. The lowest BCUT2D eigenvalue weighted by Crippen LogP contribution is -2.39. The van der Waals surface area contributed by atoms with Crippen molar-refractivity contribution in [3.05, 3.63) is 70.8 Å². The Morgan fingerprint density at radius 1 is 1.06 bits per heavy atom. The van der Waals surface area contributed by atoms with Crippen LogP contribution < -0.4 is 10.2 Å². The molecule has 1 aliphatic rings. The van der Waals surface area contributed by atoms with Crippen molar-refractivity contribution < 1.29 is 4.79 Å². The maximum Gasteiger partial charge on any atom is 0.257 e. The van der Waals surface area contributed by atoms with Crippen molar-refractivity contribution in [2.75, 3.05) is 37.4 Å². The summed E-state index contributed by atoms with van der Waals surface area (Å²) in [4.78, 5) is 30.7. The van der Waals surface area contributed by atoms with E-state index in [2.05, 4.69) is 58.6 Å². The van der Waals surface area contributed by atoms with Crippen molar-refractivity contribution in [3.63, 3.8) is 0 Å². The summed E-state index contributed by atoms with van der Waals surface area (Å²) < 4.78 is 0. The summed E-state index contributed by atoms with van der Waals surface area (Å²) >= 11 is 0. The number of hydrogen-bond donors (Lipinski definition) is 1. The second-order valence-electron chi connectivity index (χ2n) is 9.07. The van der Waals surface area contributed by atoms with Gasteiger partial charge in [0.1, 0.15) is 0 Å². The molecule has 0 spiro atoms. The zero-order valence-corrected chi connectivity index (χ0v) is 20.1. The molecule has 0 bridgehead atoms. The third-order valence-electron chi connectivity index (χ3n) is 6.04. The molecule has 7 nitrogen and oxygen atoms in total. The van der Waals surface area contributed by atoms with Crippen LogP contribution in [0.25, 0.3) is 0 Å². The molecule has 1 N–H and O–H groups in total. The highest BCUT2D eigenvalue weighted by atomic mass is 16.2. The topological polar surface area (TPSA) is 74.2 Å². The lowest BCUT2D eigenvalue weighted by Gasteiger charge is -2.33. The van der Waals surface area contributed by atoms with Gasteiger partial charge < -0.3 is 15.1 Å². The number of aromatic nitrogens is 3. The fourth-order valence-corrected chi connectivity index (χ4v) is 4.23. The minimum absolute atomic E-state index is 0.00633. The van der Waals surface area contributed by atoms with E-state index in [0.717, 1.165) is 42.1 Å². The molecule has 33 heavy (non-hydrogen) atoms. The lowest BCUT2D eigenvalue weighted by molar-refractivity contribution is 0.0704. The molecule has 1 amide bonds. The Morgan fingerprint density at radius 3 is 2.52 bits per heavy atom. The van der Waals surface area contributed by atoms with E-state index in [0.29, 0.717) is 23.8 Å². The molecule has 2 aromatic heterocycles. The highest BCUT2D eigenvalue weighted by molar-refractivity contribution is 5.95. The maximum atomic E-state index is 13.3. The monoisotopic (exact) mass is 444 g/mol. The summed E-state index contributed by atoms with van der Waals surface area (Å²) in [6.07, 6.45) is 3.61. The van der Waals surface area contributed by atoms with Gasteiger partial charge in [0.15, 0.2) is 0 Å². The molecule has 1 saturated heterocycles. The van der Waals surface area contributed by atoms with Crippen LogP contribution in [-0.4, -0.2) is 52.9 Å². The predicted molar refractivity (Wildman–Crippen MR) is 132 cm³/mol. The van der Waals surface area contributed by atoms with Crippen molar-refractivity contribution in [2.24, 2.45) is 0 Å². The number of nitrogens with one attached hydrogen (secondary N) is 1. The lowest BCUT2D eigenvalue weighted by atomic mass is 9.93. The number of nitrogens with zero attached hydrogens (tertiary/aromatic N) is 5. The number of carbonyl (C=O) groups is 1. The number of amides is 1. The van der Waals surface area contributed by atoms with Gasteiger partial charge in [-0.15, -0.1) is 0 Å². The van der Waals surface area contributed by atoms with E-state index < -0.39 is 0 Å². The van der Waals surface area contributed by atoms with Gasteiger partial charge in [-0.1, -0.05) is 17.7 Å². The highest BCUT2D eigenvalue weighted by Crippen LogP contribution is 2.30. The molecule has 1 aliphatic heterocycles. The molecular formula is C26H32N6O. The van der Waals surface area contributed by atoms with Gasteiger partial charge in [-0.05, 0) is 57.9 Å². The molecule has 0 saturated carbocycles. The van der Waals surface area contributed by atoms with Crippen molar-refractivity contribution in [1.82, 2.24) is 19.9 Å². The Bertz CT molecular complexity index is 1140. The normalized spacial score (nSPS) is 15.9. The molecule has 7 heteroatoms. The first kappa shape index (κ1) is 22.7. The number of piperidine rings is 1. The van der Waals surface area contributed by atoms with Gasteiger partial charge in [-0.3, -0.25) is 9.78 Å². The largest absolute Gasteiger partial charge is 0.355 e. The minimum Gasteiger partial charge on any atom is -0.355 e. The number of aryl methyl sites for hydroxylation is 3.